The number of halogens is 1. The number of rotatable bonds is 5. The van der Waals surface area contributed by atoms with Crippen LogP contribution < -0.4 is 10.6 Å². The maximum absolute atomic E-state index is 13.6. The molecule has 0 saturated carbocycles. The van der Waals surface area contributed by atoms with E-state index >= 15 is 0 Å². The van der Waals surface area contributed by atoms with Crippen LogP contribution in [0.2, 0.25) is 0 Å². The van der Waals surface area contributed by atoms with E-state index in [0.29, 0.717) is 13.2 Å². The Morgan fingerprint density at radius 2 is 2.16 bits per heavy atom. The van der Waals surface area contributed by atoms with Gasteiger partial charge in [-0.05, 0) is 33.7 Å². The predicted octanol–water partition coefficient (Wildman–Crippen LogP) is 2.88. The average molecular weight is 389 g/mol. The summed E-state index contributed by atoms with van der Waals surface area (Å²) in [6.07, 6.45) is 0.310. The number of ether oxygens (including phenoxy) is 2. The fraction of sp³-hybridized carbons (Fsp3) is 0.611. The number of alkyl carbamates (subject to hydrolysis) is 1. The molecule has 0 unspecified atom stereocenters. The number of aryl methyl sites for hydroxylation is 1. The molecule has 2 rings (SSSR count). The summed E-state index contributed by atoms with van der Waals surface area (Å²) in [5.74, 6) is -0.264. The number of hydrogen-bond donors (Lipinski definition) is 2. The first kappa shape index (κ1) is 21.9. The Labute approximate surface area is 159 Å². The Morgan fingerprint density at radius 3 is 2.80 bits per heavy atom. The van der Waals surface area contributed by atoms with E-state index in [2.05, 4.69) is 16.7 Å². The van der Waals surface area contributed by atoms with E-state index in [0.717, 1.165) is 24.1 Å². The molecule has 1 aliphatic heterocycles. The molecule has 0 spiro atoms. The van der Waals surface area contributed by atoms with E-state index in [1.807, 2.05) is 27.7 Å². The quantitative estimate of drug-likeness (QED) is 0.601. The second-order valence-corrected chi connectivity index (χ2v) is 7.00. The van der Waals surface area contributed by atoms with Gasteiger partial charge in [-0.1, -0.05) is 6.92 Å². The normalized spacial score (nSPS) is 20.0. The van der Waals surface area contributed by atoms with Crippen molar-refractivity contribution in [1.29, 1.82) is 0 Å². The summed E-state index contributed by atoms with van der Waals surface area (Å²) in [7, 11) is 0. The number of carbonyl (C=O) groups is 1. The van der Waals surface area contributed by atoms with Gasteiger partial charge in [0.05, 0.1) is 12.7 Å². The van der Waals surface area contributed by atoms with Gasteiger partial charge in [0.2, 0.25) is 0 Å². The summed E-state index contributed by atoms with van der Waals surface area (Å²) in [4.78, 5) is 11.6. The molecule has 7 heteroatoms. The number of carbonyl (C=O) groups excluding carboxylic acids is 1. The zero-order chi connectivity index (χ0) is 17.7. The third-order valence-electron chi connectivity index (χ3n) is 3.59. The van der Waals surface area contributed by atoms with Crippen LogP contribution >= 0.6 is 0 Å². The molecular formula is C18H26CrFN2O3-. The minimum atomic E-state index is -0.517. The van der Waals surface area contributed by atoms with Gasteiger partial charge in [0.1, 0.15) is 5.60 Å². The van der Waals surface area contributed by atoms with Gasteiger partial charge >= 0.3 is 6.09 Å². The summed E-state index contributed by atoms with van der Waals surface area (Å²) < 4.78 is 24.6. The largest absolute Gasteiger partial charge is 0.444 e. The molecule has 0 radical (unpaired) electrons. The van der Waals surface area contributed by atoms with Crippen LogP contribution in [0.15, 0.2) is 12.1 Å². The molecule has 25 heavy (non-hydrogen) atoms. The molecular weight excluding hydrogens is 363 g/mol. The topological polar surface area (TPSA) is 59.6 Å². The maximum atomic E-state index is 13.6. The molecule has 1 aliphatic rings. The number of nitrogens with one attached hydrogen (secondary N) is 2. The van der Waals surface area contributed by atoms with Crippen molar-refractivity contribution in [3.8, 4) is 0 Å². The standard InChI is InChI=1S/C18H26FN2O3.Cr/c1-12-9-13(11-14(19)10-12)16-15(5-6-20-16)23-8-7-21-17(22)24-18(2,3)4;/h10-11,15-16,20H,5-8H2,1-4H3,(H,21,22);/q-1;/t15-,16-;/m1./s1. The van der Waals surface area contributed by atoms with Gasteiger partial charge < -0.3 is 20.1 Å². The predicted molar refractivity (Wildman–Crippen MR) is 89.3 cm³/mol. The van der Waals surface area contributed by atoms with Crippen molar-refractivity contribution in [1.82, 2.24) is 10.6 Å². The summed E-state index contributed by atoms with van der Waals surface area (Å²) in [5.41, 5.74) is 1.02. The Morgan fingerprint density at radius 1 is 1.44 bits per heavy atom. The van der Waals surface area contributed by atoms with Crippen LogP contribution in [-0.4, -0.2) is 37.5 Å². The SMILES string of the molecule is Cc1[c-]c([C@H]2NCC[C@H]2OCCNC(=O)OC(C)(C)C)cc(F)c1.[Cr]. The molecule has 2 atom stereocenters. The molecule has 0 aliphatic carbocycles. The van der Waals surface area contributed by atoms with E-state index < -0.39 is 11.7 Å². The minimum Gasteiger partial charge on any atom is -0.444 e. The number of hydrogen-bond acceptors (Lipinski definition) is 4. The van der Waals surface area contributed by atoms with Gasteiger partial charge in [-0.25, -0.2) is 9.18 Å². The first-order chi connectivity index (χ1) is 11.2. The number of benzene rings is 1. The first-order valence-electron chi connectivity index (χ1n) is 8.26. The van der Waals surface area contributed by atoms with Gasteiger partial charge in [0, 0.05) is 35.8 Å². The van der Waals surface area contributed by atoms with Crippen molar-refractivity contribution in [2.45, 2.75) is 51.9 Å². The van der Waals surface area contributed by atoms with Gasteiger partial charge in [-0.3, -0.25) is 0 Å². The van der Waals surface area contributed by atoms with Gasteiger partial charge in [0.25, 0.3) is 0 Å². The zero-order valence-electron chi connectivity index (χ0n) is 15.1. The molecule has 1 amide bonds. The summed E-state index contributed by atoms with van der Waals surface area (Å²) >= 11 is 0. The molecule has 1 fully saturated rings. The maximum Gasteiger partial charge on any atom is 0.407 e. The fourth-order valence-corrected chi connectivity index (χ4v) is 2.71. The van der Waals surface area contributed by atoms with Gasteiger partial charge in [-0.2, -0.15) is 11.6 Å². The van der Waals surface area contributed by atoms with Crippen LogP contribution in [-0.2, 0) is 26.8 Å². The first-order valence-corrected chi connectivity index (χ1v) is 8.26. The molecule has 0 aromatic heterocycles. The van der Waals surface area contributed by atoms with E-state index in [1.54, 1.807) is 0 Å². The van der Waals surface area contributed by atoms with Crippen molar-refractivity contribution >= 4 is 6.09 Å². The summed E-state index contributed by atoms with van der Waals surface area (Å²) in [5, 5.41) is 5.98. The van der Waals surface area contributed by atoms with Crippen molar-refractivity contribution in [3.05, 3.63) is 35.1 Å². The van der Waals surface area contributed by atoms with Crippen molar-refractivity contribution < 1.29 is 36.0 Å². The van der Waals surface area contributed by atoms with Crippen molar-refractivity contribution in [2.24, 2.45) is 0 Å². The van der Waals surface area contributed by atoms with Crippen LogP contribution in [0.4, 0.5) is 9.18 Å². The van der Waals surface area contributed by atoms with Crippen LogP contribution in [0, 0.1) is 18.8 Å². The van der Waals surface area contributed by atoms with E-state index in [1.165, 1.54) is 12.1 Å². The molecule has 2 N–H and O–H groups in total. The number of amides is 1. The molecule has 1 aromatic carbocycles. The second kappa shape index (κ2) is 9.54. The monoisotopic (exact) mass is 389 g/mol. The molecule has 140 valence electrons. The smallest absolute Gasteiger partial charge is 0.407 e. The zero-order valence-corrected chi connectivity index (χ0v) is 16.4. The van der Waals surface area contributed by atoms with Crippen molar-refractivity contribution in [2.75, 3.05) is 19.7 Å². The Kier molecular flexibility index (Phi) is 8.36. The summed E-state index contributed by atoms with van der Waals surface area (Å²) in [6, 6.07) is 6.05. The summed E-state index contributed by atoms with van der Waals surface area (Å²) in [6.45, 7) is 8.81. The Hall–Kier alpha value is -1.13. The Bertz CT molecular complexity index is 558. The second-order valence-electron chi connectivity index (χ2n) is 7.00. The molecule has 1 aromatic rings. The third kappa shape index (κ3) is 7.33. The van der Waals surface area contributed by atoms with Crippen LogP contribution in [0.3, 0.4) is 0 Å². The van der Waals surface area contributed by atoms with Gasteiger partial charge in [-0.15, -0.1) is 17.7 Å². The Balaban J connectivity index is 0.00000312. The molecule has 1 heterocycles. The molecule has 5 nitrogen and oxygen atoms in total. The fourth-order valence-electron chi connectivity index (χ4n) is 2.71. The molecule has 1 saturated heterocycles. The van der Waals surface area contributed by atoms with Crippen molar-refractivity contribution in [3.63, 3.8) is 0 Å². The molecule has 0 bridgehead atoms. The van der Waals surface area contributed by atoms with Crippen LogP contribution in [0.1, 0.15) is 44.4 Å². The third-order valence-corrected chi connectivity index (χ3v) is 3.59. The van der Waals surface area contributed by atoms with E-state index in [9.17, 15) is 9.18 Å². The van der Waals surface area contributed by atoms with Crippen LogP contribution in [0.25, 0.3) is 0 Å². The van der Waals surface area contributed by atoms with Gasteiger partial charge in [0.15, 0.2) is 0 Å². The average Bonchev–Trinajstić information content (AvgIpc) is 2.89. The van der Waals surface area contributed by atoms with E-state index in [4.69, 9.17) is 9.47 Å². The van der Waals surface area contributed by atoms with Crippen LogP contribution in [0.5, 0.6) is 0 Å². The van der Waals surface area contributed by atoms with E-state index in [-0.39, 0.29) is 35.3 Å². The minimum absolute atomic E-state index is 0.